The number of nitrogens with zero attached hydrogens (tertiary/aromatic N) is 1. The van der Waals surface area contributed by atoms with E-state index in [1.54, 1.807) is 18.2 Å². The molecule has 0 saturated carbocycles. The van der Waals surface area contributed by atoms with Gasteiger partial charge >= 0.3 is 0 Å². The highest BCUT2D eigenvalue weighted by Crippen LogP contribution is 2.36. The summed E-state index contributed by atoms with van der Waals surface area (Å²) >= 11 is 0. The summed E-state index contributed by atoms with van der Waals surface area (Å²) in [5.41, 5.74) is 6.32. The van der Waals surface area contributed by atoms with Crippen molar-refractivity contribution in [1.29, 1.82) is 0 Å². The summed E-state index contributed by atoms with van der Waals surface area (Å²) in [5, 5.41) is 9.18. The highest BCUT2D eigenvalue weighted by atomic mass is 16.5. The number of hydrogen-bond donors (Lipinski definition) is 2. The van der Waals surface area contributed by atoms with Gasteiger partial charge in [-0.3, -0.25) is 14.5 Å². The molecule has 2 amide bonds. The third kappa shape index (κ3) is 2.60. The molecule has 0 spiro atoms. The lowest BCUT2D eigenvalue weighted by atomic mass is 10.0. The van der Waals surface area contributed by atoms with E-state index < -0.39 is 12.0 Å². The summed E-state index contributed by atoms with van der Waals surface area (Å²) in [5.74, 6) is -0.394. The first kappa shape index (κ1) is 14.3. The zero-order chi connectivity index (χ0) is 14.9. The Kier molecular flexibility index (Phi) is 3.94. The highest BCUT2D eigenvalue weighted by Gasteiger charge is 2.36. The molecular formula is C14H18N2O4. The number of anilines is 1. The highest BCUT2D eigenvalue weighted by molar-refractivity contribution is 6.03. The molecule has 1 aliphatic heterocycles. The number of nitrogens with two attached hydrogens (primary N) is 1. The van der Waals surface area contributed by atoms with Gasteiger partial charge in [-0.15, -0.1) is 0 Å². The van der Waals surface area contributed by atoms with Crippen LogP contribution in [0.1, 0.15) is 19.4 Å². The molecule has 1 aliphatic rings. The molecule has 0 bridgehead atoms. The number of carbonyl (C=O) groups is 2. The average Bonchev–Trinajstić information content (AvgIpc) is 2.40. The van der Waals surface area contributed by atoms with Crippen molar-refractivity contribution in [3.8, 4) is 5.75 Å². The fourth-order valence-corrected chi connectivity index (χ4v) is 2.17. The monoisotopic (exact) mass is 278 g/mol. The van der Waals surface area contributed by atoms with Gasteiger partial charge in [-0.2, -0.15) is 0 Å². The molecule has 2 rings (SSSR count). The molecule has 1 unspecified atom stereocenters. The fourth-order valence-electron chi connectivity index (χ4n) is 2.17. The van der Waals surface area contributed by atoms with Gasteiger partial charge in [0.25, 0.3) is 5.91 Å². The van der Waals surface area contributed by atoms with Gasteiger partial charge < -0.3 is 15.6 Å². The number of benzene rings is 1. The average molecular weight is 278 g/mol. The lowest BCUT2D eigenvalue weighted by Gasteiger charge is -2.35. The van der Waals surface area contributed by atoms with Crippen LogP contribution in [0.4, 0.5) is 5.69 Å². The first-order valence-electron chi connectivity index (χ1n) is 6.44. The Labute approximate surface area is 117 Å². The SMILES string of the molecule is CC(C)C1Oc2ccc(CO)cc2N(CC(N)=O)C1=O. The maximum absolute atomic E-state index is 12.4. The van der Waals surface area contributed by atoms with Crippen molar-refractivity contribution in [2.75, 3.05) is 11.4 Å². The minimum atomic E-state index is -0.637. The van der Waals surface area contributed by atoms with Crippen LogP contribution in [0.5, 0.6) is 5.75 Å². The molecule has 3 N–H and O–H groups in total. The predicted molar refractivity (Wildman–Crippen MR) is 73.2 cm³/mol. The molecule has 0 fully saturated rings. The van der Waals surface area contributed by atoms with Crippen LogP contribution >= 0.6 is 0 Å². The molecular weight excluding hydrogens is 260 g/mol. The maximum Gasteiger partial charge on any atom is 0.268 e. The van der Waals surface area contributed by atoms with E-state index >= 15 is 0 Å². The van der Waals surface area contributed by atoms with E-state index in [9.17, 15) is 14.7 Å². The quantitative estimate of drug-likeness (QED) is 0.834. The van der Waals surface area contributed by atoms with Gasteiger partial charge in [0, 0.05) is 0 Å². The first-order chi connectivity index (χ1) is 9.43. The van der Waals surface area contributed by atoms with Gasteiger partial charge in [0.15, 0.2) is 6.10 Å². The molecule has 0 aromatic heterocycles. The predicted octanol–water partition coefficient (Wildman–Crippen LogP) is 0.414. The summed E-state index contributed by atoms with van der Waals surface area (Å²) in [6, 6.07) is 5.04. The van der Waals surface area contributed by atoms with Crippen molar-refractivity contribution < 1.29 is 19.4 Å². The second-order valence-corrected chi connectivity index (χ2v) is 5.13. The number of hydrogen-bond acceptors (Lipinski definition) is 4. The fraction of sp³-hybridized carbons (Fsp3) is 0.429. The number of primary amides is 1. The third-order valence-corrected chi connectivity index (χ3v) is 3.18. The maximum atomic E-state index is 12.4. The van der Waals surface area contributed by atoms with Crippen LogP contribution in [0.3, 0.4) is 0 Å². The number of ether oxygens (including phenoxy) is 1. The number of fused-ring (bicyclic) bond motifs is 1. The Morgan fingerprint density at radius 2 is 2.20 bits per heavy atom. The smallest absolute Gasteiger partial charge is 0.268 e. The van der Waals surface area contributed by atoms with Crippen LogP contribution in [0.25, 0.3) is 0 Å². The molecule has 6 nitrogen and oxygen atoms in total. The Morgan fingerprint density at radius 3 is 2.75 bits per heavy atom. The van der Waals surface area contributed by atoms with Crippen molar-refractivity contribution in [3.63, 3.8) is 0 Å². The summed E-state index contributed by atoms with van der Waals surface area (Å²) in [4.78, 5) is 24.9. The molecule has 1 atom stereocenters. The van der Waals surface area contributed by atoms with E-state index in [1.807, 2.05) is 13.8 Å². The van der Waals surface area contributed by atoms with Gasteiger partial charge in [-0.1, -0.05) is 19.9 Å². The Balaban J connectivity index is 2.47. The van der Waals surface area contributed by atoms with Crippen LogP contribution in [0, 0.1) is 5.92 Å². The van der Waals surface area contributed by atoms with Gasteiger partial charge in [-0.05, 0) is 23.6 Å². The van der Waals surface area contributed by atoms with Crippen LogP contribution in [-0.4, -0.2) is 29.6 Å². The second kappa shape index (κ2) is 5.50. The van der Waals surface area contributed by atoms with Gasteiger partial charge in [-0.25, -0.2) is 0 Å². The molecule has 0 aliphatic carbocycles. The number of carbonyl (C=O) groups excluding carboxylic acids is 2. The van der Waals surface area contributed by atoms with E-state index in [4.69, 9.17) is 10.5 Å². The molecule has 0 saturated heterocycles. The van der Waals surface area contributed by atoms with Crippen LogP contribution in [-0.2, 0) is 16.2 Å². The lowest BCUT2D eigenvalue weighted by Crippen LogP contribution is -2.51. The zero-order valence-corrected chi connectivity index (χ0v) is 11.5. The summed E-state index contributed by atoms with van der Waals surface area (Å²) in [6.45, 7) is 3.39. The van der Waals surface area contributed by atoms with Crippen molar-refractivity contribution >= 4 is 17.5 Å². The summed E-state index contributed by atoms with van der Waals surface area (Å²) in [6.07, 6.45) is -0.637. The molecule has 1 heterocycles. The summed E-state index contributed by atoms with van der Waals surface area (Å²) in [7, 11) is 0. The van der Waals surface area contributed by atoms with E-state index in [-0.39, 0.29) is 25.0 Å². The van der Waals surface area contributed by atoms with Crippen molar-refractivity contribution in [2.24, 2.45) is 11.7 Å². The zero-order valence-electron chi connectivity index (χ0n) is 11.5. The molecule has 0 radical (unpaired) electrons. The lowest BCUT2D eigenvalue weighted by molar-refractivity contribution is -0.129. The molecule has 20 heavy (non-hydrogen) atoms. The first-order valence-corrected chi connectivity index (χ1v) is 6.44. The standard InChI is InChI=1S/C14H18N2O4/c1-8(2)13-14(19)16(6-12(15)18)10-5-9(7-17)3-4-11(10)20-13/h3-5,8,13,17H,6-7H2,1-2H3,(H2,15,18). The van der Waals surface area contributed by atoms with E-state index in [0.29, 0.717) is 17.0 Å². The number of rotatable bonds is 4. The summed E-state index contributed by atoms with van der Waals surface area (Å²) < 4.78 is 5.69. The number of aliphatic hydroxyl groups excluding tert-OH is 1. The van der Waals surface area contributed by atoms with E-state index in [1.165, 1.54) is 4.90 Å². The van der Waals surface area contributed by atoms with Crippen LogP contribution < -0.4 is 15.4 Å². The Hall–Kier alpha value is -2.08. The molecule has 1 aromatic carbocycles. The van der Waals surface area contributed by atoms with Crippen LogP contribution in [0.2, 0.25) is 0 Å². The van der Waals surface area contributed by atoms with Gasteiger partial charge in [0.1, 0.15) is 12.3 Å². The van der Waals surface area contributed by atoms with Gasteiger partial charge in [0.05, 0.1) is 12.3 Å². The number of aliphatic hydroxyl groups is 1. The normalized spacial score (nSPS) is 17.9. The van der Waals surface area contributed by atoms with Gasteiger partial charge in [0.2, 0.25) is 5.91 Å². The minimum Gasteiger partial charge on any atom is -0.478 e. The minimum absolute atomic E-state index is 0.0245. The second-order valence-electron chi connectivity index (χ2n) is 5.13. The molecule has 108 valence electrons. The largest absolute Gasteiger partial charge is 0.478 e. The number of amides is 2. The molecule has 1 aromatic rings. The van der Waals surface area contributed by atoms with E-state index in [0.717, 1.165) is 0 Å². The van der Waals surface area contributed by atoms with Crippen LogP contribution in [0.15, 0.2) is 18.2 Å². The third-order valence-electron chi connectivity index (χ3n) is 3.18. The topological polar surface area (TPSA) is 92.9 Å². The Bertz CT molecular complexity index is 542. The van der Waals surface area contributed by atoms with Crippen molar-refractivity contribution in [1.82, 2.24) is 0 Å². The Morgan fingerprint density at radius 1 is 1.50 bits per heavy atom. The van der Waals surface area contributed by atoms with Crippen molar-refractivity contribution in [2.45, 2.75) is 26.6 Å². The van der Waals surface area contributed by atoms with Crippen molar-refractivity contribution in [3.05, 3.63) is 23.8 Å². The molecule has 6 heteroatoms. The van der Waals surface area contributed by atoms with E-state index in [2.05, 4.69) is 0 Å².